The quantitative estimate of drug-likeness (QED) is 0.910. The first-order valence-corrected chi connectivity index (χ1v) is 8.15. The molecule has 2 atom stereocenters. The van der Waals surface area contributed by atoms with Crippen molar-refractivity contribution in [1.82, 2.24) is 10.2 Å². The monoisotopic (exact) mass is 292 g/mol. The molecule has 0 aromatic heterocycles. The topological polar surface area (TPSA) is 15.3 Å². The average Bonchev–Trinajstić information content (AvgIpc) is 3.10. The molecule has 2 nitrogen and oxygen atoms in total. The molecule has 1 aliphatic carbocycles. The van der Waals surface area contributed by atoms with E-state index in [2.05, 4.69) is 36.3 Å². The standard InChI is InChI=1S/C17H25ClN2/c1-13(14-4-3-5-16(18)10-14)20(2)12-15-11-17(15)6-8-19-9-7-17/h3-5,10,13,15,19H,6-9,11-12H2,1-2H3. The first-order valence-electron chi connectivity index (χ1n) is 7.77. The van der Waals surface area contributed by atoms with Gasteiger partial charge in [0.15, 0.2) is 0 Å². The van der Waals surface area contributed by atoms with Crippen LogP contribution in [-0.4, -0.2) is 31.6 Å². The maximum atomic E-state index is 6.10. The SMILES string of the molecule is CC(c1cccc(Cl)c1)N(C)CC1CC12CCNCC2. The van der Waals surface area contributed by atoms with Crippen LogP contribution in [0.2, 0.25) is 5.02 Å². The number of rotatable bonds is 4. The van der Waals surface area contributed by atoms with E-state index in [1.54, 1.807) is 0 Å². The van der Waals surface area contributed by atoms with Crippen molar-refractivity contribution in [2.75, 3.05) is 26.7 Å². The molecule has 1 heterocycles. The van der Waals surface area contributed by atoms with Crippen molar-refractivity contribution in [3.05, 3.63) is 34.9 Å². The second-order valence-corrected chi connectivity index (χ2v) is 7.12. The molecule has 2 aliphatic rings. The first-order chi connectivity index (χ1) is 9.61. The number of hydrogen-bond donors (Lipinski definition) is 1. The Morgan fingerprint density at radius 1 is 1.40 bits per heavy atom. The average molecular weight is 293 g/mol. The fraction of sp³-hybridized carbons (Fsp3) is 0.647. The number of benzene rings is 1. The van der Waals surface area contributed by atoms with Crippen molar-refractivity contribution in [1.29, 1.82) is 0 Å². The van der Waals surface area contributed by atoms with Gasteiger partial charge in [-0.2, -0.15) is 0 Å². The van der Waals surface area contributed by atoms with Crippen molar-refractivity contribution in [2.24, 2.45) is 11.3 Å². The van der Waals surface area contributed by atoms with E-state index in [9.17, 15) is 0 Å². The number of hydrogen-bond acceptors (Lipinski definition) is 2. The van der Waals surface area contributed by atoms with Gasteiger partial charge in [0.2, 0.25) is 0 Å². The lowest BCUT2D eigenvalue weighted by Gasteiger charge is -2.28. The third-order valence-electron chi connectivity index (χ3n) is 5.46. The summed E-state index contributed by atoms with van der Waals surface area (Å²) in [7, 11) is 2.25. The van der Waals surface area contributed by atoms with Gasteiger partial charge in [-0.1, -0.05) is 23.7 Å². The summed E-state index contributed by atoms with van der Waals surface area (Å²) in [6.45, 7) is 5.92. The van der Waals surface area contributed by atoms with E-state index in [-0.39, 0.29) is 0 Å². The molecule has 0 radical (unpaired) electrons. The Hall–Kier alpha value is -0.570. The Balaban J connectivity index is 1.58. The van der Waals surface area contributed by atoms with Crippen LogP contribution in [0.25, 0.3) is 0 Å². The predicted molar refractivity (Wildman–Crippen MR) is 85.1 cm³/mol. The van der Waals surface area contributed by atoms with E-state index in [0.29, 0.717) is 11.5 Å². The van der Waals surface area contributed by atoms with E-state index >= 15 is 0 Å². The molecule has 0 amide bonds. The third kappa shape index (κ3) is 2.88. The molecule has 1 aliphatic heterocycles. The molecule has 3 heteroatoms. The summed E-state index contributed by atoms with van der Waals surface area (Å²) >= 11 is 6.10. The highest BCUT2D eigenvalue weighted by atomic mass is 35.5. The van der Waals surface area contributed by atoms with E-state index in [4.69, 9.17) is 11.6 Å². The fourth-order valence-corrected chi connectivity index (χ4v) is 3.95. The molecule has 1 aromatic carbocycles. The van der Waals surface area contributed by atoms with E-state index in [1.807, 2.05) is 12.1 Å². The molecular formula is C17H25ClN2. The van der Waals surface area contributed by atoms with Gasteiger partial charge in [-0.25, -0.2) is 0 Å². The Kier molecular flexibility index (Phi) is 4.07. The summed E-state index contributed by atoms with van der Waals surface area (Å²) in [6, 6.07) is 8.71. The second-order valence-electron chi connectivity index (χ2n) is 6.68. The van der Waals surface area contributed by atoms with Crippen LogP contribution in [0.1, 0.15) is 37.8 Å². The molecule has 2 unspecified atom stereocenters. The van der Waals surface area contributed by atoms with E-state index < -0.39 is 0 Å². The van der Waals surface area contributed by atoms with Crippen LogP contribution in [0.4, 0.5) is 0 Å². The number of halogens is 1. The molecule has 110 valence electrons. The molecule has 1 spiro atoms. The largest absolute Gasteiger partial charge is 0.317 e. The number of nitrogens with zero attached hydrogens (tertiary/aromatic N) is 1. The van der Waals surface area contributed by atoms with Gasteiger partial charge in [-0.15, -0.1) is 0 Å². The number of nitrogens with one attached hydrogen (secondary N) is 1. The van der Waals surface area contributed by atoms with E-state index in [0.717, 1.165) is 10.9 Å². The molecule has 1 saturated carbocycles. The Morgan fingerprint density at radius 2 is 2.15 bits per heavy atom. The van der Waals surface area contributed by atoms with Crippen molar-refractivity contribution in [2.45, 2.75) is 32.2 Å². The van der Waals surface area contributed by atoms with Crippen molar-refractivity contribution in [3.63, 3.8) is 0 Å². The molecule has 20 heavy (non-hydrogen) atoms. The first kappa shape index (κ1) is 14.4. The number of piperidine rings is 1. The molecule has 1 saturated heterocycles. The maximum Gasteiger partial charge on any atom is 0.0409 e. The molecule has 0 bridgehead atoms. The van der Waals surface area contributed by atoms with Gasteiger partial charge in [0.1, 0.15) is 0 Å². The second kappa shape index (κ2) is 5.67. The Morgan fingerprint density at radius 3 is 2.85 bits per heavy atom. The lowest BCUT2D eigenvalue weighted by molar-refractivity contribution is 0.220. The van der Waals surface area contributed by atoms with Crippen molar-refractivity contribution >= 4 is 11.6 Å². The maximum absolute atomic E-state index is 6.10. The minimum Gasteiger partial charge on any atom is -0.317 e. The summed E-state index contributed by atoms with van der Waals surface area (Å²) < 4.78 is 0. The predicted octanol–water partition coefficient (Wildman–Crippen LogP) is 3.72. The molecule has 1 N–H and O–H groups in total. The van der Waals surface area contributed by atoms with Crippen LogP contribution in [0.15, 0.2) is 24.3 Å². The third-order valence-corrected chi connectivity index (χ3v) is 5.69. The normalized spacial score (nSPS) is 25.9. The zero-order valence-corrected chi connectivity index (χ0v) is 13.3. The van der Waals surface area contributed by atoms with Gasteiger partial charge < -0.3 is 5.32 Å². The molecule has 2 fully saturated rings. The van der Waals surface area contributed by atoms with Gasteiger partial charge in [0, 0.05) is 17.6 Å². The van der Waals surface area contributed by atoms with E-state index in [1.165, 1.54) is 44.5 Å². The summed E-state index contributed by atoms with van der Waals surface area (Å²) in [5.41, 5.74) is 1.99. The van der Waals surface area contributed by atoms with Gasteiger partial charge in [-0.3, -0.25) is 4.90 Å². The Labute approximate surface area is 127 Å². The van der Waals surface area contributed by atoms with Gasteiger partial charge >= 0.3 is 0 Å². The van der Waals surface area contributed by atoms with Crippen LogP contribution in [-0.2, 0) is 0 Å². The highest BCUT2D eigenvalue weighted by molar-refractivity contribution is 6.30. The highest BCUT2D eigenvalue weighted by Gasteiger charge is 2.53. The highest BCUT2D eigenvalue weighted by Crippen LogP contribution is 2.58. The zero-order valence-electron chi connectivity index (χ0n) is 12.5. The van der Waals surface area contributed by atoms with Crippen LogP contribution in [0, 0.1) is 11.3 Å². The van der Waals surface area contributed by atoms with Gasteiger partial charge in [-0.05, 0) is 75.4 Å². The van der Waals surface area contributed by atoms with Crippen LogP contribution < -0.4 is 5.32 Å². The van der Waals surface area contributed by atoms with Crippen molar-refractivity contribution in [3.8, 4) is 0 Å². The van der Waals surface area contributed by atoms with Crippen molar-refractivity contribution < 1.29 is 0 Å². The van der Waals surface area contributed by atoms with Crippen LogP contribution in [0.5, 0.6) is 0 Å². The summed E-state index contributed by atoms with van der Waals surface area (Å²) in [5, 5.41) is 4.32. The van der Waals surface area contributed by atoms with Crippen LogP contribution >= 0.6 is 11.6 Å². The molecule has 3 rings (SSSR count). The Bertz CT molecular complexity index is 468. The fourth-order valence-electron chi connectivity index (χ4n) is 3.75. The lowest BCUT2D eigenvalue weighted by atomic mass is 9.91. The summed E-state index contributed by atoms with van der Waals surface area (Å²) in [4.78, 5) is 2.49. The summed E-state index contributed by atoms with van der Waals surface area (Å²) in [6.07, 6.45) is 4.18. The lowest BCUT2D eigenvalue weighted by Crippen LogP contribution is -2.32. The molecular weight excluding hydrogens is 268 g/mol. The van der Waals surface area contributed by atoms with Gasteiger partial charge in [0.25, 0.3) is 0 Å². The van der Waals surface area contributed by atoms with Crippen LogP contribution in [0.3, 0.4) is 0 Å². The zero-order chi connectivity index (χ0) is 14.2. The minimum atomic E-state index is 0.438. The minimum absolute atomic E-state index is 0.438. The van der Waals surface area contributed by atoms with Gasteiger partial charge in [0.05, 0.1) is 0 Å². The smallest absolute Gasteiger partial charge is 0.0409 e. The summed E-state index contributed by atoms with van der Waals surface area (Å²) in [5.74, 6) is 0.899. The molecule has 1 aromatic rings.